The lowest BCUT2D eigenvalue weighted by molar-refractivity contribution is 0.995. The lowest BCUT2D eigenvalue weighted by atomic mass is 10.3. The second-order valence-electron chi connectivity index (χ2n) is 2.08. The Morgan fingerprint density at radius 1 is 1.82 bits per heavy atom. The summed E-state index contributed by atoms with van der Waals surface area (Å²) in [5.41, 5.74) is 2.67. The van der Waals surface area contributed by atoms with Crippen molar-refractivity contribution in [2.24, 2.45) is 5.84 Å². The van der Waals surface area contributed by atoms with E-state index >= 15 is 0 Å². The van der Waals surface area contributed by atoms with Crippen LogP contribution < -0.4 is 16.8 Å². The van der Waals surface area contributed by atoms with Crippen molar-refractivity contribution < 1.29 is 0 Å². The molecule has 0 unspecified atom stereocenters. The van der Waals surface area contributed by atoms with E-state index in [2.05, 4.69) is 15.4 Å². The molecule has 4 N–H and O–H groups in total. The summed E-state index contributed by atoms with van der Waals surface area (Å²) in [6.07, 6.45) is 2.28. The quantitative estimate of drug-likeness (QED) is 0.400. The number of aromatic nitrogens is 2. The number of nitrogen functional groups attached to an aromatic ring is 1. The third kappa shape index (κ3) is 1.56. The zero-order valence-corrected chi connectivity index (χ0v) is 6.22. The normalized spacial score (nSPS) is 9.64. The third-order valence-corrected chi connectivity index (χ3v) is 1.39. The molecule has 1 heterocycles. The van der Waals surface area contributed by atoms with Crippen molar-refractivity contribution in [3.8, 4) is 0 Å². The Morgan fingerprint density at radius 3 is 3.00 bits per heavy atom. The standard InChI is InChI=1S/C6H10N4O/c1-2-4-3-8-6(10-7)9-5(4)11/h3H,2,7H2,1H3,(H2,8,9,10,11). The van der Waals surface area contributed by atoms with Crippen LogP contribution in [-0.4, -0.2) is 9.97 Å². The molecule has 11 heavy (non-hydrogen) atoms. The lowest BCUT2D eigenvalue weighted by Crippen LogP contribution is -2.18. The number of hydrogen-bond donors (Lipinski definition) is 3. The number of nitrogens with zero attached hydrogens (tertiary/aromatic N) is 1. The first-order valence-corrected chi connectivity index (χ1v) is 3.33. The molecule has 0 bridgehead atoms. The largest absolute Gasteiger partial charge is 0.331 e. The van der Waals surface area contributed by atoms with E-state index in [9.17, 15) is 4.79 Å². The fourth-order valence-electron chi connectivity index (χ4n) is 0.750. The monoisotopic (exact) mass is 154 g/mol. The van der Waals surface area contributed by atoms with Gasteiger partial charge in [0.1, 0.15) is 0 Å². The van der Waals surface area contributed by atoms with E-state index in [1.165, 1.54) is 0 Å². The van der Waals surface area contributed by atoms with E-state index in [1.54, 1.807) is 6.20 Å². The first-order valence-electron chi connectivity index (χ1n) is 3.33. The molecule has 0 saturated carbocycles. The number of aryl methyl sites for hydroxylation is 1. The van der Waals surface area contributed by atoms with Gasteiger partial charge in [-0.15, -0.1) is 0 Å². The maximum Gasteiger partial charge on any atom is 0.277 e. The highest BCUT2D eigenvalue weighted by molar-refractivity contribution is 5.22. The van der Waals surface area contributed by atoms with Crippen molar-refractivity contribution in [1.29, 1.82) is 0 Å². The van der Waals surface area contributed by atoms with Gasteiger partial charge in [0.15, 0.2) is 0 Å². The van der Waals surface area contributed by atoms with Crippen molar-refractivity contribution in [2.45, 2.75) is 13.3 Å². The van der Waals surface area contributed by atoms with Crippen molar-refractivity contribution in [2.75, 3.05) is 5.43 Å². The Bertz CT molecular complexity index is 293. The van der Waals surface area contributed by atoms with Crippen molar-refractivity contribution in [3.63, 3.8) is 0 Å². The highest BCUT2D eigenvalue weighted by Gasteiger charge is 1.97. The van der Waals surface area contributed by atoms with E-state index in [-0.39, 0.29) is 11.5 Å². The molecule has 1 aromatic heterocycles. The van der Waals surface area contributed by atoms with Crippen LogP contribution in [0.5, 0.6) is 0 Å². The minimum absolute atomic E-state index is 0.237. The molecular weight excluding hydrogens is 144 g/mol. The number of nitrogens with two attached hydrogens (primary N) is 1. The topological polar surface area (TPSA) is 83.8 Å². The molecule has 0 radical (unpaired) electrons. The van der Waals surface area contributed by atoms with Crippen LogP contribution in [0.4, 0.5) is 5.95 Å². The Hall–Kier alpha value is -1.36. The van der Waals surface area contributed by atoms with Gasteiger partial charge in [-0.3, -0.25) is 10.2 Å². The second-order valence-corrected chi connectivity index (χ2v) is 2.08. The molecule has 5 heteroatoms. The number of rotatable bonds is 2. The summed E-state index contributed by atoms with van der Waals surface area (Å²) in [7, 11) is 0. The second kappa shape index (κ2) is 3.16. The number of nitrogens with one attached hydrogen (secondary N) is 2. The Kier molecular flexibility index (Phi) is 2.22. The van der Waals surface area contributed by atoms with Crippen LogP contribution in [0.1, 0.15) is 12.5 Å². The van der Waals surface area contributed by atoms with Gasteiger partial charge in [0.25, 0.3) is 5.56 Å². The van der Waals surface area contributed by atoms with Gasteiger partial charge in [-0.2, -0.15) is 4.98 Å². The molecule has 0 spiro atoms. The number of H-pyrrole nitrogens is 1. The first-order chi connectivity index (χ1) is 5.27. The summed E-state index contributed by atoms with van der Waals surface area (Å²) >= 11 is 0. The van der Waals surface area contributed by atoms with Crippen LogP contribution >= 0.6 is 0 Å². The number of hydrazine groups is 1. The first kappa shape index (κ1) is 7.74. The van der Waals surface area contributed by atoms with Gasteiger partial charge in [-0.25, -0.2) is 5.84 Å². The molecule has 1 rings (SSSR count). The number of hydrogen-bond acceptors (Lipinski definition) is 4. The molecular formula is C6H10N4O. The summed E-state index contributed by atoms with van der Waals surface area (Å²) in [5, 5.41) is 0. The average molecular weight is 154 g/mol. The van der Waals surface area contributed by atoms with E-state index < -0.39 is 0 Å². The maximum atomic E-state index is 11.0. The van der Waals surface area contributed by atoms with E-state index in [4.69, 9.17) is 5.84 Å². The van der Waals surface area contributed by atoms with Gasteiger partial charge in [0.05, 0.1) is 0 Å². The highest BCUT2D eigenvalue weighted by atomic mass is 16.1. The van der Waals surface area contributed by atoms with Crippen LogP contribution in [0.25, 0.3) is 0 Å². The minimum Gasteiger partial charge on any atom is -0.331 e. The zero-order valence-electron chi connectivity index (χ0n) is 6.22. The maximum absolute atomic E-state index is 11.0. The van der Waals surface area contributed by atoms with E-state index in [0.29, 0.717) is 12.0 Å². The van der Waals surface area contributed by atoms with Crippen LogP contribution in [0.15, 0.2) is 11.0 Å². The Labute approximate surface area is 63.6 Å². The summed E-state index contributed by atoms with van der Waals surface area (Å²) in [5.74, 6) is 5.31. The molecule has 60 valence electrons. The fraction of sp³-hybridized carbons (Fsp3) is 0.333. The third-order valence-electron chi connectivity index (χ3n) is 1.39. The predicted molar refractivity (Wildman–Crippen MR) is 42.0 cm³/mol. The number of anilines is 1. The molecule has 0 aliphatic carbocycles. The molecule has 0 aliphatic rings. The molecule has 0 aromatic carbocycles. The molecule has 0 fully saturated rings. The Morgan fingerprint density at radius 2 is 2.55 bits per heavy atom. The van der Waals surface area contributed by atoms with Crippen LogP contribution in [0.2, 0.25) is 0 Å². The highest BCUT2D eigenvalue weighted by Crippen LogP contribution is 1.92. The van der Waals surface area contributed by atoms with Gasteiger partial charge in [-0.05, 0) is 6.42 Å². The van der Waals surface area contributed by atoms with Crippen LogP contribution in [0.3, 0.4) is 0 Å². The number of aromatic amines is 1. The van der Waals surface area contributed by atoms with Gasteiger partial charge < -0.3 is 4.98 Å². The van der Waals surface area contributed by atoms with Gasteiger partial charge >= 0.3 is 0 Å². The van der Waals surface area contributed by atoms with Crippen LogP contribution in [-0.2, 0) is 6.42 Å². The summed E-state index contributed by atoms with van der Waals surface area (Å²) in [6, 6.07) is 0. The predicted octanol–water partition coefficient (Wildman–Crippen LogP) is -0.382. The molecule has 0 saturated heterocycles. The van der Waals surface area contributed by atoms with Crippen molar-refractivity contribution >= 4 is 5.95 Å². The fourth-order valence-corrected chi connectivity index (χ4v) is 0.750. The molecule has 5 nitrogen and oxygen atoms in total. The van der Waals surface area contributed by atoms with Crippen LogP contribution in [0, 0.1) is 0 Å². The summed E-state index contributed by atoms with van der Waals surface area (Å²) in [4.78, 5) is 17.3. The van der Waals surface area contributed by atoms with Gasteiger partial charge in [0, 0.05) is 11.8 Å². The molecule has 0 aliphatic heterocycles. The molecule has 0 atom stereocenters. The Balaban J connectivity index is 3.10. The lowest BCUT2D eigenvalue weighted by Gasteiger charge is -1.98. The molecule has 1 aromatic rings. The van der Waals surface area contributed by atoms with E-state index in [0.717, 1.165) is 0 Å². The summed E-state index contributed by atoms with van der Waals surface area (Å²) < 4.78 is 0. The minimum atomic E-state index is -0.237. The van der Waals surface area contributed by atoms with Gasteiger partial charge in [-0.1, -0.05) is 6.92 Å². The SMILES string of the molecule is CCc1c[nH]c(NN)nc1=O. The zero-order chi connectivity index (χ0) is 8.27. The smallest absolute Gasteiger partial charge is 0.277 e. The summed E-state index contributed by atoms with van der Waals surface area (Å²) in [6.45, 7) is 1.89. The van der Waals surface area contributed by atoms with Crippen molar-refractivity contribution in [1.82, 2.24) is 9.97 Å². The average Bonchev–Trinajstić information content (AvgIpc) is 2.04. The molecule has 0 amide bonds. The van der Waals surface area contributed by atoms with Gasteiger partial charge in [0.2, 0.25) is 5.95 Å². The van der Waals surface area contributed by atoms with E-state index in [1.807, 2.05) is 6.92 Å². The van der Waals surface area contributed by atoms with Crippen molar-refractivity contribution in [3.05, 3.63) is 22.1 Å².